The molecule has 0 spiro atoms. The molecule has 2 rings (SSSR count). The van der Waals surface area contributed by atoms with Crippen LogP contribution in [-0.4, -0.2) is 5.78 Å². The molecule has 1 saturated carbocycles. The quantitative estimate of drug-likeness (QED) is 0.705. The van der Waals surface area contributed by atoms with E-state index >= 15 is 0 Å². The van der Waals surface area contributed by atoms with E-state index in [2.05, 4.69) is 26.0 Å². The van der Waals surface area contributed by atoms with E-state index in [0.717, 1.165) is 30.7 Å². The number of Topliss-reactive ketones (excluding diaryl/α,β-unsaturated/α-hetero) is 1. The van der Waals surface area contributed by atoms with Crippen molar-refractivity contribution in [2.24, 2.45) is 11.8 Å². The summed E-state index contributed by atoms with van der Waals surface area (Å²) in [5.74, 6) is 1.41. The maximum Gasteiger partial charge on any atom is 0.165 e. The second kappa shape index (κ2) is 6.17. The fourth-order valence-corrected chi connectivity index (χ4v) is 3.04. The third-order valence-corrected chi connectivity index (χ3v) is 4.38. The minimum absolute atomic E-state index is 0.274. The molecule has 18 heavy (non-hydrogen) atoms. The first-order chi connectivity index (χ1) is 8.74. The van der Waals surface area contributed by atoms with Crippen molar-refractivity contribution in [1.82, 2.24) is 0 Å². The number of ketones is 1. The molecule has 1 fully saturated rings. The number of benzene rings is 1. The minimum atomic E-state index is 0.274. The first kappa shape index (κ1) is 13.3. The zero-order valence-corrected chi connectivity index (χ0v) is 11.6. The molecule has 0 heterocycles. The highest BCUT2D eigenvalue weighted by Gasteiger charge is 2.26. The molecule has 0 radical (unpaired) electrons. The fourth-order valence-electron chi connectivity index (χ4n) is 3.04. The van der Waals surface area contributed by atoms with Gasteiger partial charge in [0.2, 0.25) is 0 Å². The summed E-state index contributed by atoms with van der Waals surface area (Å²) in [5.41, 5.74) is 2.22. The van der Waals surface area contributed by atoms with E-state index in [9.17, 15) is 4.79 Å². The van der Waals surface area contributed by atoms with Gasteiger partial charge in [-0.3, -0.25) is 4.79 Å². The maximum absolute atomic E-state index is 12.5. The zero-order valence-electron chi connectivity index (χ0n) is 11.6. The Morgan fingerprint density at radius 3 is 2.50 bits per heavy atom. The Kier molecular flexibility index (Phi) is 4.57. The third kappa shape index (κ3) is 3.01. The highest BCUT2D eigenvalue weighted by molar-refractivity contribution is 5.97. The molecule has 98 valence electrons. The highest BCUT2D eigenvalue weighted by atomic mass is 16.1. The second-order valence-corrected chi connectivity index (χ2v) is 5.55. The Hall–Kier alpha value is -1.11. The van der Waals surface area contributed by atoms with Crippen LogP contribution in [0.3, 0.4) is 0 Å². The van der Waals surface area contributed by atoms with Crippen LogP contribution in [0.25, 0.3) is 0 Å². The van der Waals surface area contributed by atoms with Crippen molar-refractivity contribution in [3.8, 4) is 0 Å². The van der Waals surface area contributed by atoms with Crippen LogP contribution in [-0.2, 0) is 6.42 Å². The molecule has 2 atom stereocenters. The van der Waals surface area contributed by atoms with Crippen LogP contribution in [0, 0.1) is 11.8 Å². The lowest BCUT2D eigenvalue weighted by atomic mass is 9.77. The lowest BCUT2D eigenvalue weighted by molar-refractivity contribution is 0.0862. The summed E-state index contributed by atoms with van der Waals surface area (Å²) in [6, 6.07) is 8.20. The minimum Gasteiger partial charge on any atom is -0.294 e. The van der Waals surface area contributed by atoms with Gasteiger partial charge in [-0.25, -0.2) is 0 Å². The van der Waals surface area contributed by atoms with E-state index in [-0.39, 0.29) is 5.92 Å². The lowest BCUT2D eigenvalue weighted by Gasteiger charge is -2.27. The number of aryl methyl sites for hydroxylation is 1. The topological polar surface area (TPSA) is 17.1 Å². The van der Waals surface area contributed by atoms with Gasteiger partial charge in [0.05, 0.1) is 0 Å². The van der Waals surface area contributed by atoms with Crippen LogP contribution in [0.15, 0.2) is 24.3 Å². The van der Waals surface area contributed by atoms with E-state index in [4.69, 9.17) is 0 Å². The van der Waals surface area contributed by atoms with Crippen LogP contribution in [0.4, 0.5) is 0 Å². The summed E-state index contributed by atoms with van der Waals surface area (Å²) in [7, 11) is 0. The van der Waals surface area contributed by atoms with Crippen LogP contribution in [0.1, 0.15) is 61.9 Å². The summed E-state index contributed by atoms with van der Waals surface area (Å²) >= 11 is 0. The highest BCUT2D eigenvalue weighted by Crippen LogP contribution is 2.32. The van der Waals surface area contributed by atoms with Crippen molar-refractivity contribution in [3.05, 3.63) is 35.4 Å². The van der Waals surface area contributed by atoms with Gasteiger partial charge in [-0.1, -0.05) is 57.4 Å². The first-order valence-corrected chi connectivity index (χ1v) is 7.37. The predicted molar refractivity (Wildman–Crippen MR) is 75.9 cm³/mol. The first-order valence-electron chi connectivity index (χ1n) is 7.37. The monoisotopic (exact) mass is 244 g/mol. The van der Waals surface area contributed by atoms with Crippen molar-refractivity contribution in [2.45, 2.75) is 52.4 Å². The number of rotatable bonds is 4. The molecule has 0 aliphatic heterocycles. The second-order valence-electron chi connectivity index (χ2n) is 5.55. The molecule has 1 aliphatic rings. The van der Waals surface area contributed by atoms with Gasteiger partial charge in [-0.2, -0.15) is 0 Å². The maximum atomic E-state index is 12.5. The van der Waals surface area contributed by atoms with E-state index in [1.54, 1.807) is 0 Å². The van der Waals surface area contributed by atoms with Crippen molar-refractivity contribution in [2.75, 3.05) is 0 Å². The van der Waals surface area contributed by atoms with Gasteiger partial charge in [0.25, 0.3) is 0 Å². The van der Waals surface area contributed by atoms with Gasteiger partial charge >= 0.3 is 0 Å². The smallest absolute Gasteiger partial charge is 0.165 e. The third-order valence-electron chi connectivity index (χ3n) is 4.38. The Labute approximate surface area is 111 Å². The van der Waals surface area contributed by atoms with Crippen LogP contribution < -0.4 is 0 Å². The standard InChI is InChI=1S/C17H24O/c1-3-13-8-10-15(11-9-13)17(18)16-7-5-6-14(4-2)12-16/h8-11,14,16H,3-7,12H2,1-2H3. The number of carbonyl (C=O) groups is 1. The van der Waals surface area contributed by atoms with Crippen LogP contribution >= 0.6 is 0 Å². The number of hydrogen-bond donors (Lipinski definition) is 0. The van der Waals surface area contributed by atoms with E-state index in [1.807, 2.05) is 12.1 Å². The van der Waals surface area contributed by atoms with Gasteiger partial charge in [-0.05, 0) is 30.7 Å². The molecule has 1 heteroatoms. The van der Waals surface area contributed by atoms with Gasteiger partial charge in [-0.15, -0.1) is 0 Å². The van der Waals surface area contributed by atoms with Gasteiger partial charge < -0.3 is 0 Å². The largest absolute Gasteiger partial charge is 0.294 e. The molecule has 2 unspecified atom stereocenters. The molecule has 1 aliphatic carbocycles. The summed E-state index contributed by atoms with van der Waals surface area (Å²) < 4.78 is 0. The summed E-state index contributed by atoms with van der Waals surface area (Å²) in [4.78, 5) is 12.5. The Bertz CT molecular complexity index is 391. The Morgan fingerprint density at radius 1 is 1.17 bits per heavy atom. The predicted octanol–water partition coefficient (Wildman–Crippen LogP) is 4.65. The van der Waals surface area contributed by atoms with E-state index in [1.165, 1.54) is 24.8 Å². The molecule has 0 N–H and O–H groups in total. The fraction of sp³-hybridized carbons (Fsp3) is 0.588. The zero-order chi connectivity index (χ0) is 13.0. The van der Waals surface area contributed by atoms with Gasteiger partial charge in [0, 0.05) is 11.5 Å². The summed E-state index contributed by atoms with van der Waals surface area (Å²) in [5, 5.41) is 0. The normalized spacial score (nSPS) is 23.9. The molecule has 1 nitrogen and oxygen atoms in total. The molecule has 0 amide bonds. The average Bonchev–Trinajstić information content (AvgIpc) is 2.46. The molecule has 1 aromatic carbocycles. The molecule has 1 aromatic rings. The Balaban J connectivity index is 2.05. The molecule has 0 bridgehead atoms. The molecule has 0 aromatic heterocycles. The SMILES string of the molecule is CCc1ccc(C(=O)C2CCCC(CC)C2)cc1. The summed E-state index contributed by atoms with van der Waals surface area (Å²) in [6.07, 6.45) is 6.99. The van der Waals surface area contributed by atoms with Crippen molar-refractivity contribution < 1.29 is 4.79 Å². The number of hydrogen-bond acceptors (Lipinski definition) is 1. The molecular weight excluding hydrogens is 220 g/mol. The Morgan fingerprint density at radius 2 is 1.89 bits per heavy atom. The summed E-state index contributed by atoms with van der Waals surface area (Å²) in [6.45, 7) is 4.39. The van der Waals surface area contributed by atoms with Crippen LogP contribution in [0.2, 0.25) is 0 Å². The molecule has 0 saturated heterocycles. The van der Waals surface area contributed by atoms with Crippen molar-refractivity contribution in [3.63, 3.8) is 0 Å². The number of carbonyl (C=O) groups excluding carboxylic acids is 1. The van der Waals surface area contributed by atoms with Gasteiger partial charge in [0.1, 0.15) is 0 Å². The molecular formula is C17H24O. The van der Waals surface area contributed by atoms with E-state index < -0.39 is 0 Å². The van der Waals surface area contributed by atoms with Crippen molar-refractivity contribution >= 4 is 5.78 Å². The lowest BCUT2D eigenvalue weighted by Crippen LogP contribution is -2.22. The van der Waals surface area contributed by atoms with E-state index in [0.29, 0.717) is 5.78 Å². The van der Waals surface area contributed by atoms with Crippen LogP contribution in [0.5, 0.6) is 0 Å². The average molecular weight is 244 g/mol. The van der Waals surface area contributed by atoms with Gasteiger partial charge in [0.15, 0.2) is 5.78 Å². The van der Waals surface area contributed by atoms with Crippen molar-refractivity contribution in [1.29, 1.82) is 0 Å².